The third-order valence-corrected chi connectivity index (χ3v) is 4.99. The number of fused-ring (bicyclic) bond motifs is 2. The molecule has 3 heteroatoms. The van der Waals surface area contributed by atoms with Crippen molar-refractivity contribution in [3.8, 4) is 0 Å². The number of allylic oxidation sites excluding steroid dienone is 2. The molecule has 2 atom stereocenters. The monoisotopic (exact) mass is 261 g/mol. The maximum Gasteiger partial charge on any atom is 0.173 e. The number of rotatable bonds is 0. The number of nitrogens with zero attached hydrogens (tertiary/aromatic N) is 1. The van der Waals surface area contributed by atoms with Crippen molar-refractivity contribution in [1.29, 1.82) is 0 Å². The van der Waals surface area contributed by atoms with Gasteiger partial charge in [0, 0.05) is 30.6 Å². The first-order valence-corrected chi connectivity index (χ1v) is 7.48. The van der Waals surface area contributed by atoms with E-state index in [1.807, 2.05) is 6.92 Å². The van der Waals surface area contributed by atoms with Gasteiger partial charge in [-0.25, -0.2) is 0 Å². The van der Waals surface area contributed by atoms with E-state index in [4.69, 9.17) is 0 Å². The van der Waals surface area contributed by atoms with Gasteiger partial charge in [-0.3, -0.25) is 9.59 Å². The van der Waals surface area contributed by atoms with E-state index in [-0.39, 0.29) is 22.9 Å². The summed E-state index contributed by atoms with van der Waals surface area (Å²) < 4.78 is 0. The van der Waals surface area contributed by atoms with Crippen molar-refractivity contribution >= 4 is 11.6 Å². The van der Waals surface area contributed by atoms with E-state index in [1.165, 1.54) is 12.8 Å². The lowest BCUT2D eigenvalue weighted by atomic mass is 9.69. The highest BCUT2D eigenvalue weighted by Gasteiger charge is 2.46. The predicted octanol–water partition coefficient (Wildman–Crippen LogP) is 2.70. The summed E-state index contributed by atoms with van der Waals surface area (Å²) in [7, 11) is 0. The first-order chi connectivity index (χ1) is 8.91. The Morgan fingerprint density at radius 3 is 2.63 bits per heavy atom. The molecule has 3 rings (SSSR count). The van der Waals surface area contributed by atoms with E-state index in [1.54, 1.807) is 0 Å². The Morgan fingerprint density at radius 1 is 1.16 bits per heavy atom. The zero-order valence-electron chi connectivity index (χ0n) is 12.2. The number of piperidine rings is 1. The summed E-state index contributed by atoms with van der Waals surface area (Å²) in [6, 6.07) is 0.335. The van der Waals surface area contributed by atoms with Crippen LogP contribution in [0.25, 0.3) is 0 Å². The summed E-state index contributed by atoms with van der Waals surface area (Å²) in [4.78, 5) is 27.3. The molecule has 0 aromatic rings. The van der Waals surface area contributed by atoms with E-state index >= 15 is 0 Å². The highest BCUT2D eigenvalue weighted by Crippen LogP contribution is 2.45. The standard InChI is InChI=1S/C16H23NO2/c1-10-11-6-4-5-7-17(11)12-8-16(2,3)9-13(18)14(12)15(10)19/h10-11H,4-9H2,1-3H3. The molecular weight excluding hydrogens is 238 g/mol. The summed E-state index contributed by atoms with van der Waals surface area (Å²) in [6.45, 7) is 7.29. The van der Waals surface area contributed by atoms with Gasteiger partial charge in [0.25, 0.3) is 0 Å². The van der Waals surface area contributed by atoms with Crippen LogP contribution in [0, 0.1) is 11.3 Å². The minimum Gasteiger partial charge on any atom is -0.370 e. The zero-order chi connectivity index (χ0) is 13.8. The Hall–Kier alpha value is -1.12. The number of hydrogen-bond acceptors (Lipinski definition) is 3. The van der Waals surface area contributed by atoms with Crippen LogP contribution in [-0.4, -0.2) is 29.1 Å². The molecule has 2 heterocycles. The van der Waals surface area contributed by atoms with E-state index in [0.717, 1.165) is 25.1 Å². The Balaban J connectivity index is 2.08. The minimum atomic E-state index is -0.00999. The molecule has 0 aromatic heterocycles. The van der Waals surface area contributed by atoms with E-state index in [2.05, 4.69) is 18.7 Å². The van der Waals surface area contributed by atoms with Crippen LogP contribution in [0.15, 0.2) is 11.3 Å². The summed E-state index contributed by atoms with van der Waals surface area (Å²) >= 11 is 0. The Labute approximate surface area is 115 Å². The number of carbonyl (C=O) groups excluding carboxylic acids is 2. The molecular formula is C16H23NO2. The quantitative estimate of drug-likeness (QED) is 0.629. The molecule has 104 valence electrons. The van der Waals surface area contributed by atoms with Crippen LogP contribution in [0.5, 0.6) is 0 Å². The lowest BCUT2D eigenvalue weighted by molar-refractivity contribution is -0.128. The first kappa shape index (κ1) is 12.9. The van der Waals surface area contributed by atoms with Crippen LogP contribution >= 0.6 is 0 Å². The Kier molecular flexibility index (Phi) is 2.84. The summed E-state index contributed by atoms with van der Waals surface area (Å²) in [5, 5.41) is 0. The fourth-order valence-corrected chi connectivity index (χ4v) is 4.03. The van der Waals surface area contributed by atoms with Gasteiger partial charge >= 0.3 is 0 Å². The van der Waals surface area contributed by atoms with Gasteiger partial charge in [0.1, 0.15) is 0 Å². The first-order valence-electron chi connectivity index (χ1n) is 7.48. The third-order valence-electron chi connectivity index (χ3n) is 4.99. The molecule has 2 aliphatic heterocycles. The zero-order valence-corrected chi connectivity index (χ0v) is 12.2. The summed E-state index contributed by atoms with van der Waals surface area (Å²) in [6.07, 6.45) is 4.88. The molecule has 0 aromatic carbocycles. The maximum atomic E-state index is 12.5. The fraction of sp³-hybridized carbons (Fsp3) is 0.750. The minimum absolute atomic E-state index is 0.00122. The van der Waals surface area contributed by atoms with Crippen molar-refractivity contribution in [1.82, 2.24) is 4.90 Å². The van der Waals surface area contributed by atoms with Crippen molar-refractivity contribution in [3.05, 3.63) is 11.3 Å². The molecule has 0 N–H and O–H groups in total. The largest absolute Gasteiger partial charge is 0.370 e. The van der Waals surface area contributed by atoms with E-state index in [9.17, 15) is 9.59 Å². The van der Waals surface area contributed by atoms with Gasteiger partial charge in [0.15, 0.2) is 11.6 Å². The molecule has 2 unspecified atom stereocenters. The highest BCUT2D eigenvalue weighted by atomic mass is 16.2. The lowest BCUT2D eigenvalue weighted by Gasteiger charge is -2.49. The molecule has 3 nitrogen and oxygen atoms in total. The van der Waals surface area contributed by atoms with Crippen molar-refractivity contribution in [2.75, 3.05) is 6.54 Å². The third kappa shape index (κ3) is 1.94. The van der Waals surface area contributed by atoms with Crippen LogP contribution in [0.3, 0.4) is 0 Å². The molecule has 0 amide bonds. The number of carbonyl (C=O) groups is 2. The second-order valence-corrected chi connectivity index (χ2v) is 7.17. The van der Waals surface area contributed by atoms with Crippen LogP contribution in [0.1, 0.15) is 52.9 Å². The Bertz CT molecular complexity index is 475. The smallest absolute Gasteiger partial charge is 0.173 e. The predicted molar refractivity (Wildman–Crippen MR) is 73.6 cm³/mol. The molecule has 0 radical (unpaired) electrons. The average Bonchev–Trinajstić information content (AvgIpc) is 2.34. The van der Waals surface area contributed by atoms with Gasteiger partial charge in [-0.2, -0.15) is 0 Å². The van der Waals surface area contributed by atoms with Crippen LogP contribution < -0.4 is 0 Å². The maximum absolute atomic E-state index is 12.5. The second kappa shape index (κ2) is 4.19. The van der Waals surface area contributed by atoms with Gasteiger partial charge in [0.2, 0.25) is 0 Å². The van der Waals surface area contributed by atoms with Crippen LogP contribution in [0.4, 0.5) is 0 Å². The molecule has 19 heavy (non-hydrogen) atoms. The van der Waals surface area contributed by atoms with Gasteiger partial charge in [-0.1, -0.05) is 20.8 Å². The molecule has 1 saturated heterocycles. The normalized spacial score (nSPS) is 34.2. The van der Waals surface area contributed by atoms with Crippen molar-refractivity contribution in [2.45, 2.75) is 58.9 Å². The van der Waals surface area contributed by atoms with E-state index < -0.39 is 0 Å². The van der Waals surface area contributed by atoms with Crippen molar-refractivity contribution in [2.24, 2.45) is 11.3 Å². The van der Waals surface area contributed by atoms with Gasteiger partial charge in [-0.15, -0.1) is 0 Å². The van der Waals surface area contributed by atoms with Crippen molar-refractivity contribution in [3.63, 3.8) is 0 Å². The van der Waals surface area contributed by atoms with Gasteiger partial charge in [0.05, 0.1) is 5.57 Å². The number of Topliss-reactive ketones (excluding diaryl/α,β-unsaturated/α-hetero) is 2. The fourth-order valence-electron chi connectivity index (χ4n) is 4.03. The Morgan fingerprint density at radius 2 is 1.89 bits per heavy atom. The molecule has 1 fully saturated rings. The molecule has 1 aliphatic carbocycles. The summed E-state index contributed by atoms with van der Waals surface area (Å²) in [5.41, 5.74) is 1.61. The lowest BCUT2D eigenvalue weighted by Crippen LogP contribution is -2.53. The molecule has 0 spiro atoms. The van der Waals surface area contributed by atoms with Gasteiger partial charge in [-0.05, 0) is 31.1 Å². The van der Waals surface area contributed by atoms with Crippen LogP contribution in [0.2, 0.25) is 0 Å². The van der Waals surface area contributed by atoms with Crippen molar-refractivity contribution < 1.29 is 9.59 Å². The van der Waals surface area contributed by atoms with E-state index in [0.29, 0.717) is 18.0 Å². The summed E-state index contributed by atoms with van der Waals surface area (Å²) in [5.74, 6) is 0.176. The van der Waals surface area contributed by atoms with Crippen LogP contribution in [-0.2, 0) is 9.59 Å². The van der Waals surface area contributed by atoms with Gasteiger partial charge < -0.3 is 4.90 Å². The second-order valence-electron chi connectivity index (χ2n) is 7.17. The number of hydrogen-bond donors (Lipinski definition) is 0. The SMILES string of the molecule is CC1C(=O)C2=C(CC(C)(C)CC2=O)N2CCCCC12. The molecule has 3 aliphatic rings. The topological polar surface area (TPSA) is 37.4 Å². The number of ketones is 2. The highest BCUT2D eigenvalue weighted by molar-refractivity contribution is 6.22. The molecule has 0 bridgehead atoms. The molecule has 0 saturated carbocycles. The average molecular weight is 261 g/mol.